The van der Waals surface area contributed by atoms with Crippen LogP contribution in [-0.4, -0.2) is 10.9 Å². The number of halogens is 2. The highest BCUT2D eigenvalue weighted by Gasteiger charge is 2.07. The number of anilines is 1. The van der Waals surface area contributed by atoms with Crippen LogP contribution in [-0.2, 0) is 0 Å². The quantitative estimate of drug-likeness (QED) is 0.905. The molecule has 1 heterocycles. The lowest BCUT2D eigenvalue weighted by molar-refractivity contribution is 0.102. The molecule has 0 bridgehead atoms. The predicted molar refractivity (Wildman–Crippen MR) is 73.4 cm³/mol. The van der Waals surface area contributed by atoms with Crippen molar-refractivity contribution in [3.8, 4) is 0 Å². The van der Waals surface area contributed by atoms with Crippen molar-refractivity contribution in [2.75, 3.05) is 5.32 Å². The molecule has 0 spiro atoms. The van der Waals surface area contributed by atoms with Crippen LogP contribution in [0.25, 0.3) is 0 Å². The molecule has 0 radical (unpaired) electrons. The molecule has 1 N–H and O–H groups in total. The lowest BCUT2D eigenvalue weighted by atomic mass is 10.2. The van der Waals surface area contributed by atoms with Gasteiger partial charge in [-0.05, 0) is 36.8 Å². The zero-order valence-electron chi connectivity index (χ0n) is 9.58. The predicted octanol–water partition coefficient (Wildman–Crippen LogP) is 3.95. The van der Waals surface area contributed by atoms with Crippen molar-refractivity contribution in [1.82, 2.24) is 4.98 Å². The number of carbonyl (C=O) groups is 1. The Morgan fingerprint density at radius 2 is 1.78 bits per heavy atom. The minimum absolute atomic E-state index is 0.246. The highest BCUT2D eigenvalue weighted by Crippen LogP contribution is 2.22. The lowest BCUT2D eigenvalue weighted by Gasteiger charge is -2.06. The average Bonchev–Trinajstić information content (AvgIpc) is 2.27. The molecular formula is C13H10Cl2N2O. The summed E-state index contributed by atoms with van der Waals surface area (Å²) in [7, 11) is 0. The van der Waals surface area contributed by atoms with E-state index in [0.717, 1.165) is 5.56 Å². The summed E-state index contributed by atoms with van der Waals surface area (Å²) in [6, 6.07) is 6.63. The first-order valence-corrected chi connectivity index (χ1v) is 5.99. The largest absolute Gasteiger partial charge is 0.322 e. The highest BCUT2D eigenvalue weighted by molar-refractivity contribution is 6.35. The zero-order valence-corrected chi connectivity index (χ0v) is 11.1. The summed E-state index contributed by atoms with van der Waals surface area (Å²) >= 11 is 11.7. The molecule has 0 saturated carbocycles. The Labute approximate surface area is 115 Å². The van der Waals surface area contributed by atoms with Crippen LogP contribution in [0.15, 0.2) is 36.7 Å². The molecular weight excluding hydrogens is 271 g/mol. The molecule has 2 rings (SSSR count). The van der Waals surface area contributed by atoms with Gasteiger partial charge in [-0.15, -0.1) is 0 Å². The normalized spacial score (nSPS) is 10.2. The van der Waals surface area contributed by atoms with E-state index in [1.807, 2.05) is 6.92 Å². The van der Waals surface area contributed by atoms with Crippen molar-refractivity contribution in [3.63, 3.8) is 0 Å². The summed E-state index contributed by atoms with van der Waals surface area (Å²) in [6.07, 6.45) is 3.20. The minimum Gasteiger partial charge on any atom is -0.322 e. The highest BCUT2D eigenvalue weighted by atomic mass is 35.5. The van der Waals surface area contributed by atoms with Gasteiger partial charge in [0, 0.05) is 28.1 Å². The fourth-order valence-corrected chi connectivity index (χ4v) is 2.03. The maximum absolute atomic E-state index is 12.0. The molecule has 2 aromatic rings. The summed E-state index contributed by atoms with van der Waals surface area (Å²) in [5.74, 6) is -0.246. The van der Waals surface area contributed by atoms with Crippen LogP contribution in [0, 0.1) is 6.92 Å². The first-order valence-electron chi connectivity index (χ1n) is 5.24. The molecule has 0 fully saturated rings. The smallest absolute Gasteiger partial charge is 0.257 e. The fraction of sp³-hybridized carbons (Fsp3) is 0.0769. The number of carbonyl (C=O) groups excluding carboxylic acids is 1. The number of rotatable bonds is 2. The number of amides is 1. The molecule has 5 heteroatoms. The summed E-state index contributed by atoms with van der Waals surface area (Å²) in [4.78, 5) is 15.9. The van der Waals surface area contributed by atoms with Gasteiger partial charge in [0.1, 0.15) is 0 Å². The molecule has 1 aromatic heterocycles. The maximum atomic E-state index is 12.0. The second-order valence-corrected chi connectivity index (χ2v) is 4.74. The van der Waals surface area contributed by atoms with Crippen LogP contribution >= 0.6 is 23.2 Å². The Balaban J connectivity index is 2.21. The number of aryl methyl sites for hydroxylation is 1. The molecule has 0 aliphatic rings. The number of nitrogens with one attached hydrogen (secondary N) is 1. The number of hydrogen-bond acceptors (Lipinski definition) is 2. The Morgan fingerprint density at radius 1 is 1.11 bits per heavy atom. The number of aromatic nitrogens is 1. The van der Waals surface area contributed by atoms with Crippen LogP contribution in [0.4, 0.5) is 5.69 Å². The Bertz CT molecular complexity index is 579. The minimum atomic E-state index is -0.246. The van der Waals surface area contributed by atoms with Crippen LogP contribution in [0.5, 0.6) is 0 Å². The second kappa shape index (κ2) is 5.38. The maximum Gasteiger partial charge on any atom is 0.257 e. The Hall–Kier alpha value is -1.58. The molecule has 0 atom stereocenters. The van der Waals surface area contributed by atoms with Gasteiger partial charge in [0.2, 0.25) is 0 Å². The van der Waals surface area contributed by atoms with Gasteiger partial charge in [0.25, 0.3) is 5.91 Å². The lowest BCUT2D eigenvalue weighted by Crippen LogP contribution is -2.12. The standard InChI is InChI=1S/C13H10Cl2N2O/c1-8-2-9(7-16-6-8)13(18)17-12-4-10(14)3-11(15)5-12/h2-7H,1H3,(H,17,18). The van der Waals surface area contributed by atoms with E-state index in [9.17, 15) is 4.79 Å². The van der Waals surface area contributed by atoms with E-state index >= 15 is 0 Å². The summed E-state index contributed by atoms with van der Waals surface area (Å²) in [5.41, 5.74) is 1.97. The molecule has 18 heavy (non-hydrogen) atoms. The number of nitrogens with zero attached hydrogens (tertiary/aromatic N) is 1. The number of hydrogen-bond donors (Lipinski definition) is 1. The van der Waals surface area contributed by atoms with Crippen LogP contribution in [0.2, 0.25) is 10.0 Å². The number of benzene rings is 1. The van der Waals surface area contributed by atoms with Gasteiger partial charge in [-0.2, -0.15) is 0 Å². The Kier molecular flexibility index (Phi) is 3.84. The first-order chi connectivity index (χ1) is 8.54. The molecule has 1 amide bonds. The molecule has 3 nitrogen and oxygen atoms in total. The summed E-state index contributed by atoms with van der Waals surface area (Å²) < 4.78 is 0. The van der Waals surface area contributed by atoms with Crippen molar-refractivity contribution in [2.24, 2.45) is 0 Å². The van der Waals surface area contributed by atoms with Crippen molar-refractivity contribution in [3.05, 3.63) is 57.8 Å². The van der Waals surface area contributed by atoms with Crippen molar-refractivity contribution in [1.29, 1.82) is 0 Å². The van der Waals surface area contributed by atoms with Crippen molar-refractivity contribution < 1.29 is 4.79 Å². The SMILES string of the molecule is Cc1cncc(C(=O)Nc2cc(Cl)cc(Cl)c2)c1. The van der Waals surface area contributed by atoms with Gasteiger partial charge in [0.05, 0.1) is 5.56 Å². The van der Waals surface area contributed by atoms with E-state index in [0.29, 0.717) is 21.3 Å². The average molecular weight is 281 g/mol. The van der Waals surface area contributed by atoms with E-state index < -0.39 is 0 Å². The molecule has 1 aromatic carbocycles. The van der Waals surface area contributed by atoms with E-state index in [1.54, 1.807) is 30.5 Å². The third-order valence-electron chi connectivity index (χ3n) is 2.26. The van der Waals surface area contributed by atoms with Gasteiger partial charge < -0.3 is 5.32 Å². The fourth-order valence-electron chi connectivity index (χ4n) is 1.51. The summed E-state index contributed by atoms with van der Waals surface area (Å²) in [5, 5.41) is 3.66. The Morgan fingerprint density at radius 3 is 2.39 bits per heavy atom. The topological polar surface area (TPSA) is 42.0 Å². The van der Waals surface area contributed by atoms with E-state index in [4.69, 9.17) is 23.2 Å². The molecule has 0 aliphatic heterocycles. The summed E-state index contributed by atoms with van der Waals surface area (Å²) in [6.45, 7) is 1.88. The second-order valence-electron chi connectivity index (χ2n) is 3.86. The third kappa shape index (κ3) is 3.22. The van der Waals surface area contributed by atoms with E-state index in [2.05, 4.69) is 10.3 Å². The van der Waals surface area contributed by atoms with Crippen LogP contribution in [0.3, 0.4) is 0 Å². The first kappa shape index (κ1) is 12.9. The van der Waals surface area contributed by atoms with E-state index in [1.165, 1.54) is 6.20 Å². The molecule has 0 saturated heterocycles. The molecule has 0 aliphatic carbocycles. The van der Waals surface area contributed by atoms with E-state index in [-0.39, 0.29) is 5.91 Å². The third-order valence-corrected chi connectivity index (χ3v) is 2.69. The monoisotopic (exact) mass is 280 g/mol. The molecule has 92 valence electrons. The van der Waals surface area contributed by atoms with Crippen molar-refractivity contribution >= 4 is 34.8 Å². The van der Waals surface area contributed by atoms with Crippen molar-refractivity contribution in [2.45, 2.75) is 6.92 Å². The van der Waals surface area contributed by atoms with Gasteiger partial charge in [0.15, 0.2) is 0 Å². The van der Waals surface area contributed by atoms with Gasteiger partial charge in [-0.1, -0.05) is 23.2 Å². The van der Waals surface area contributed by atoms with Gasteiger partial charge in [-0.25, -0.2) is 0 Å². The van der Waals surface area contributed by atoms with Gasteiger partial charge in [-0.3, -0.25) is 9.78 Å². The van der Waals surface area contributed by atoms with Crippen LogP contribution < -0.4 is 5.32 Å². The van der Waals surface area contributed by atoms with Crippen LogP contribution in [0.1, 0.15) is 15.9 Å². The number of pyridine rings is 1. The zero-order chi connectivity index (χ0) is 13.1. The molecule has 0 unspecified atom stereocenters. The van der Waals surface area contributed by atoms with Gasteiger partial charge >= 0.3 is 0 Å².